The Bertz CT molecular complexity index is 812. The van der Waals surface area contributed by atoms with E-state index in [2.05, 4.69) is 11.9 Å². The summed E-state index contributed by atoms with van der Waals surface area (Å²) < 4.78 is 45.8. The van der Waals surface area contributed by atoms with Gasteiger partial charge in [0.05, 0.1) is 18.1 Å². The summed E-state index contributed by atoms with van der Waals surface area (Å²) in [4.78, 5) is 10.3. The lowest BCUT2D eigenvalue weighted by molar-refractivity contribution is -0.385. The predicted octanol–water partition coefficient (Wildman–Crippen LogP) is 0.664. The van der Waals surface area contributed by atoms with Gasteiger partial charge < -0.3 is 10.1 Å². The molecule has 8 nitrogen and oxygen atoms in total. The number of non-ortho nitro benzene ring substituents is 1. The number of ether oxygens (including phenoxy) is 1. The summed E-state index contributed by atoms with van der Waals surface area (Å²) in [5.74, 6) is -0.691. The van der Waals surface area contributed by atoms with Crippen molar-refractivity contribution < 1.29 is 22.5 Å². The van der Waals surface area contributed by atoms with Gasteiger partial charge in [-0.05, 0) is 6.07 Å². The normalized spacial score (nSPS) is 29.0. The number of fused-ring (bicyclic) bond motifs is 1. The number of nitrogens with one attached hydrogen (secondary N) is 1. The van der Waals surface area contributed by atoms with E-state index in [-0.39, 0.29) is 30.3 Å². The van der Waals surface area contributed by atoms with Crippen LogP contribution in [0.5, 0.6) is 0 Å². The third kappa shape index (κ3) is 2.09. The number of hydrogen-bond donors (Lipinski definition) is 1. The Balaban J connectivity index is 2.23. The van der Waals surface area contributed by atoms with Crippen LogP contribution in [0.15, 0.2) is 30.6 Å². The first-order valence-corrected chi connectivity index (χ1v) is 8.17. The molecule has 1 N–H and O–H groups in total. The highest BCUT2D eigenvalue weighted by Crippen LogP contribution is 2.42. The Labute approximate surface area is 131 Å². The molecule has 0 aromatic heterocycles. The van der Waals surface area contributed by atoms with Crippen molar-refractivity contribution in [1.29, 1.82) is 0 Å². The zero-order valence-electron chi connectivity index (χ0n) is 12.2. The number of nitrogens with zero attached hydrogens (tertiary/aromatic N) is 2. The molecule has 0 saturated carbocycles. The van der Waals surface area contributed by atoms with Gasteiger partial charge in [-0.15, -0.1) is 0 Å². The smallest absolute Gasteiger partial charge is 0.270 e. The summed E-state index contributed by atoms with van der Waals surface area (Å²) in [7, 11) is -2.50. The molecule has 2 fully saturated rings. The van der Waals surface area contributed by atoms with E-state index in [0.717, 1.165) is 22.5 Å². The molecule has 0 spiro atoms. The van der Waals surface area contributed by atoms with Crippen LogP contribution in [0.1, 0.15) is 5.56 Å². The van der Waals surface area contributed by atoms with E-state index in [0.29, 0.717) is 0 Å². The van der Waals surface area contributed by atoms with Crippen LogP contribution in [0.2, 0.25) is 0 Å². The minimum Gasteiger partial charge on any atom is -0.377 e. The molecule has 0 bridgehead atoms. The molecule has 3 rings (SSSR count). The minimum atomic E-state index is -3.83. The molecule has 0 amide bonds. The van der Waals surface area contributed by atoms with Gasteiger partial charge in [-0.3, -0.25) is 14.4 Å². The Kier molecular flexibility index (Phi) is 3.34. The average Bonchev–Trinajstić information content (AvgIpc) is 2.91. The van der Waals surface area contributed by atoms with E-state index in [4.69, 9.17) is 4.74 Å². The highest BCUT2D eigenvalue weighted by molar-refractivity contribution is 7.90. The maximum absolute atomic E-state index is 14.4. The molecule has 1 aromatic rings. The number of sulfonamides is 1. The van der Waals surface area contributed by atoms with Crippen molar-refractivity contribution in [2.45, 2.75) is 10.8 Å². The molecule has 10 heteroatoms. The molecular weight excluding hydrogens is 329 g/mol. The van der Waals surface area contributed by atoms with E-state index in [1.54, 1.807) is 0 Å². The van der Waals surface area contributed by atoms with Crippen molar-refractivity contribution in [2.24, 2.45) is 0 Å². The fourth-order valence-corrected chi connectivity index (χ4v) is 4.75. The fraction of sp³-hybridized carbons (Fsp3) is 0.385. The van der Waals surface area contributed by atoms with Crippen LogP contribution in [-0.4, -0.2) is 43.2 Å². The lowest BCUT2D eigenvalue weighted by Crippen LogP contribution is -2.63. The first kappa shape index (κ1) is 15.7. The molecule has 2 aliphatic rings. The van der Waals surface area contributed by atoms with Crippen LogP contribution in [0.3, 0.4) is 0 Å². The third-order valence-electron chi connectivity index (χ3n) is 4.28. The topological polar surface area (TPSA) is 102 Å². The molecule has 124 valence electrons. The van der Waals surface area contributed by atoms with Gasteiger partial charge in [0.2, 0.25) is 10.0 Å². The summed E-state index contributed by atoms with van der Waals surface area (Å²) in [5.41, 5.74) is -1.89. The zero-order chi connectivity index (χ0) is 17.0. The maximum atomic E-state index is 14.4. The Hall–Kier alpha value is -2.20. The molecule has 0 aliphatic carbocycles. The number of nitro benzene ring substituents is 1. The average molecular weight is 343 g/mol. The van der Waals surface area contributed by atoms with Gasteiger partial charge in [-0.25, -0.2) is 12.8 Å². The van der Waals surface area contributed by atoms with Crippen LogP contribution in [0.4, 0.5) is 10.1 Å². The van der Waals surface area contributed by atoms with Crippen LogP contribution < -0.4 is 5.32 Å². The quantitative estimate of drug-likeness (QED) is 0.625. The standard InChI is InChI=1S/C13H14FN3O5S/c1-8-15-13(7-22-6-12(13)23(20,21)16(8)2)10-5-9(17(18)19)3-4-11(10)14/h3-5,12,15H,1,6-7H2,2H3. The number of rotatable bonds is 2. The molecule has 23 heavy (non-hydrogen) atoms. The van der Waals surface area contributed by atoms with Crippen molar-refractivity contribution in [3.05, 3.63) is 52.1 Å². The summed E-state index contributed by atoms with van der Waals surface area (Å²) in [5, 5.41) is 12.7. The van der Waals surface area contributed by atoms with E-state index in [1.165, 1.54) is 7.05 Å². The minimum absolute atomic E-state index is 0.0534. The molecule has 2 unspecified atom stereocenters. The highest BCUT2D eigenvalue weighted by atomic mass is 32.2. The number of nitro groups is 1. The van der Waals surface area contributed by atoms with Gasteiger partial charge in [-0.1, -0.05) is 6.58 Å². The summed E-state index contributed by atoms with van der Waals surface area (Å²) in [6.45, 7) is 3.35. The van der Waals surface area contributed by atoms with Crippen molar-refractivity contribution in [2.75, 3.05) is 20.3 Å². The van der Waals surface area contributed by atoms with Gasteiger partial charge in [0.25, 0.3) is 5.69 Å². The first-order valence-electron chi connectivity index (χ1n) is 6.67. The van der Waals surface area contributed by atoms with Gasteiger partial charge in [0.15, 0.2) is 0 Å². The first-order chi connectivity index (χ1) is 10.7. The van der Waals surface area contributed by atoms with Crippen LogP contribution >= 0.6 is 0 Å². The second-order valence-corrected chi connectivity index (χ2v) is 7.63. The fourth-order valence-electron chi connectivity index (χ4n) is 2.99. The zero-order valence-corrected chi connectivity index (χ0v) is 13.0. The second kappa shape index (κ2) is 4.90. The van der Waals surface area contributed by atoms with Crippen molar-refractivity contribution >= 4 is 15.7 Å². The molecule has 2 aliphatic heterocycles. The molecular formula is C13H14FN3O5S. The Morgan fingerprint density at radius 1 is 1.57 bits per heavy atom. The monoisotopic (exact) mass is 343 g/mol. The van der Waals surface area contributed by atoms with E-state index in [9.17, 15) is 22.9 Å². The molecule has 0 radical (unpaired) electrons. The van der Waals surface area contributed by atoms with Crippen molar-refractivity contribution in [1.82, 2.24) is 9.62 Å². The van der Waals surface area contributed by atoms with Gasteiger partial charge in [-0.2, -0.15) is 0 Å². The van der Waals surface area contributed by atoms with E-state index < -0.39 is 31.6 Å². The Morgan fingerprint density at radius 3 is 2.91 bits per heavy atom. The SMILES string of the molecule is C=C1NC2(c3cc([N+](=O)[O-])ccc3F)COCC2S(=O)(=O)N1C. The Morgan fingerprint density at radius 2 is 2.26 bits per heavy atom. The highest BCUT2D eigenvalue weighted by Gasteiger charge is 2.58. The van der Waals surface area contributed by atoms with Crippen LogP contribution in [0.25, 0.3) is 0 Å². The van der Waals surface area contributed by atoms with E-state index >= 15 is 0 Å². The molecule has 2 heterocycles. The van der Waals surface area contributed by atoms with Crippen LogP contribution in [-0.2, 0) is 20.3 Å². The molecule has 2 atom stereocenters. The van der Waals surface area contributed by atoms with Gasteiger partial charge in [0, 0.05) is 24.7 Å². The van der Waals surface area contributed by atoms with Crippen molar-refractivity contribution in [3.63, 3.8) is 0 Å². The van der Waals surface area contributed by atoms with Gasteiger partial charge in [0.1, 0.15) is 22.4 Å². The second-order valence-electron chi connectivity index (χ2n) is 5.48. The summed E-state index contributed by atoms with van der Waals surface area (Å²) >= 11 is 0. The number of halogens is 1. The summed E-state index contributed by atoms with van der Waals surface area (Å²) in [6.07, 6.45) is 0. The largest absolute Gasteiger partial charge is 0.377 e. The number of hydrogen-bond acceptors (Lipinski definition) is 6. The number of benzene rings is 1. The molecule has 1 aromatic carbocycles. The van der Waals surface area contributed by atoms with Crippen LogP contribution in [0, 0.1) is 15.9 Å². The lowest BCUT2D eigenvalue weighted by Gasteiger charge is -2.44. The van der Waals surface area contributed by atoms with E-state index in [1.807, 2.05) is 0 Å². The van der Waals surface area contributed by atoms with Crippen molar-refractivity contribution in [3.8, 4) is 0 Å². The lowest BCUT2D eigenvalue weighted by atomic mass is 9.87. The van der Waals surface area contributed by atoms with Gasteiger partial charge >= 0.3 is 0 Å². The maximum Gasteiger partial charge on any atom is 0.270 e. The predicted molar refractivity (Wildman–Crippen MR) is 78.3 cm³/mol. The molecule has 2 saturated heterocycles. The third-order valence-corrected chi connectivity index (χ3v) is 6.52. The summed E-state index contributed by atoms with van der Waals surface area (Å²) in [6, 6.07) is 3.02.